The van der Waals surface area contributed by atoms with E-state index >= 15 is 0 Å². The van der Waals surface area contributed by atoms with Crippen LogP contribution < -0.4 is 14.8 Å². The number of nitrogens with zero attached hydrogens (tertiary/aromatic N) is 1. The molecule has 3 aromatic rings. The van der Waals surface area contributed by atoms with Gasteiger partial charge in [-0.1, -0.05) is 66.3 Å². The highest BCUT2D eigenvalue weighted by molar-refractivity contribution is 7.80. The third-order valence-electron chi connectivity index (χ3n) is 6.27. The first kappa shape index (κ1) is 26.0. The van der Waals surface area contributed by atoms with Gasteiger partial charge in [0.25, 0.3) is 5.91 Å². The summed E-state index contributed by atoms with van der Waals surface area (Å²) in [5, 5.41) is 3.23. The minimum atomic E-state index is -0.302. The second kappa shape index (κ2) is 12.7. The van der Waals surface area contributed by atoms with Gasteiger partial charge in [-0.15, -0.1) is 0 Å². The molecule has 0 aliphatic carbocycles. The number of carbonyl (C=O) groups excluding carboxylic acids is 1. The number of para-hydroxylation sites is 1. The van der Waals surface area contributed by atoms with Gasteiger partial charge in [0, 0.05) is 18.7 Å². The molecule has 7 heteroatoms. The minimum Gasteiger partial charge on any atom is -0.490 e. The molecule has 1 aliphatic heterocycles. The average Bonchev–Trinajstić information content (AvgIpc) is 2.90. The van der Waals surface area contributed by atoms with Crippen molar-refractivity contribution in [1.82, 2.24) is 4.90 Å². The second-order valence-corrected chi connectivity index (χ2v) is 9.63. The van der Waals surface area contributed by atoms with E-state index in [1.807, 2.05) is 37.3 Å². The molecule has 0 spiro atoms. The summed E-state index contributed by atoms with van der Waals surface area (Å²) >= 11 is 12.0. The fourth-order valence-corrected chi connectivity index (χ4v) is 4.88. The maximum Gasteiger partial charge on any atom is 0.262 e. The van der Waals surface area contributed by atoms with Crippen LogP contribution >= 0.6 is 23.8 Å². The number of hydrogen-bond donors (Lipinski definition) is 1. The lowest BCUT2D eigenvalue weighted by atomic mass is 9.90. The molecular weight excluding hydrogens is 492 g/mol. The Morgan fingerprint density at radius 3 is 2.44 bits per heavy atom. The molecule has 1 saturated heterocycles. The molecule has 0 atom stereocenters. The molecule has 1 N–H and O–H groups in total. The smallest absolute Gasteiger partial charge is 0.262 e. The average molecular weight is 523 g/mol. The van der Waals surface area contributed by atoms with E-state index in [0.29, 0.717) is 34.7 Å². The number of nitrogens with one attached hydrogen (secondary N) is 1. The number of anilines is 1. The molecule has 36 heavy (non-hydrogen) atoms. The number of halogens is 1. The van der Waals surface area contributed by atoms with E-state index < -0.39 is 0 Å². The Bertz CT molecular complexity index is 1180. The minimum absolute atomic E-state index is 0.163. The number of carbonyl (C=O) groups is 1. The van der Waals surface area contributed by atoms with E-state index in [0.717, 1.165) is 42.9 Å². The van der Waals surface area contributed by atoms with Gasteiger partial charge < -0.3 is 19.7 Å². The molecule has 188 valence electrons. The van der Waals surface area contributed by atoms with Crippen LogP contribution in [0, 0.1) is 5.92 Å². The van der Waals surface area contributed by atoms with Gasteiger partial charge >= 0.3 is 0 Å². The zero-order valence-electron chi connectivity index (χ0n) is 20.4. The first-order chi connectivity index (χ1) is 17.5. The third kappa shape index (κ3) is 6.99. The molecule has 1 amide bonds. The number of ether oxygens (including phenoxy) is 2. The lowest BCUT2D eigenvalue weighted by Crippen LogP contribution is -2.38. The normalized spacial score (nSPS) is 13.8. The van der Waals surface area contributed by atoms with Crippen LogP contribution in [-0.2, 0) is 11.2 Å². The number of rotatable bonds is 9. The van der Waals surface area contributed by atoms with Crippen molar-refractivity contribution in [2.75, 3.05) is 31.6 Å². The Balaban J connectivity index is 1.34. The Kier molecular flexibility index (Phi) is 9.20. The van der Waals surface area contributed by atoms with Crippen molar-refractivity contribution in [3.63, 3.8) is 0 Å². The van der Waals surface area contributed by atoms with Crippen molar-refractivity contribution in [2.24, 2.45) is 5.92 Å². The highest BCUT2D eigenvalue weighted by atomic mass is 35.5. The Labute approximate surface area is 223 Å². The number of thiocarbonyl (C=S) groups is 1. The summed E-state index contributed by atoms with van der Waals surface area (Å²) in [6.45, 7) is 4.12. The lowest BCUT2D eigenvalue weighted by molar-refractivity contribution is -0.118. The zero-order chi connectivity index (χ0) is 25.3. The predicted molar refractivity (Wildman–Crippen MR) is 149 cm³/mol. The summed E-state index contributed by atoms with van der Waals surface area (Å²) in [5.41, 5.74) is 2.87. The molecule has 1 fully saturated rings. The van der Waals surface area contributed by atoms with Crippen LogP contribution in [0.25, 0.3) is 0 Å². The first-order valence-electron chi connectivity index (χ1n) is 12.3. The number of benzene rings is 3. The Morgan fingerprint density at radius 1 is 1.00 bits per heavy atom. The van der Waals surface area contributed by atoms with Crippen molar-refractivity contribution in [1.29, 1.82) is 0 Å². The molecule has 0 radical (unpaired) electrons. The fourth-order valence-electron chi connectivity index (χ4n) is 4.39. The Morgan fingerprint density at radius 2 is 1.72 bits per heavy atom. The van der Waals surface area contributed by atoms with E-state index in [2.05, 4.69) is 40.5 Å². The van der Waals surface area contributed by atoms with Gasteiger partial charge in [-0.05, 0) is 68.0 Å². The summed E-state index contributed by atoms with van der Waals surface area (Å²) in [7, 11) is 0. The molecule has 5 nitrogen and oxygen atoms in total. The summed E-state index contributed by atoms with van der Waals surface area (Å²) in [6, 6.07) is 23.4. The van der Waals surface area contributed by atoms with Crippen molar-refractivity contribution in [3.05, 3.63) is 88.9 Å². The third-order valence-corrected chi connectivity index (χ3v) is 7.09. The molecule has 0 unspecified atom stereocenters. The second-order valence-electron chi connectivity index (χ2n) is 8.84. The van der Waals surface area contributed by atoms with Crippen LogP contribution in [0.2, 0.25) is 5.02 Å². The molecule has 4 rings (SSSR count). The number of likely N-dealkylation sites (tertiary alicyclic amines) is 1. The van der Waals surface area contributed by atoms with Gasteiger partial charge in [-0.3, -0.25) is 4.79 Å². The largest absolute Gasteiger partial charge is 0.490 e. The monoisotopic (exact) mass is 522 g/mol. The molecule has 1 heterocycles. The van der Waals surface area contributed by atoms with Gasteiger partial charge in [0.15, 0.2) is 18.1 Å². The molecule has 0 saturated carbocycles. The van der Waals surface area contributed by atoms with Crippen LogP contribution in [-0.4, -0.2) is 42.1 Å². The van der Waals surface area contributed by atoms with E-state index in [1.54, 1.807) is 12.1 Å². The number of hydrogen-bond acceptors (Lipinski definition) is 4. The van der Waals surface area contributed by atoms with Crippen LogP contribution in [0.4, 0.5) is 5.69 Å². The molecule has 1 aliphatic rings. The van der Waals surface area contributed by atoms with E-state index in [9.17, 15) is 4.79 Å². The molecular formula is C29H31ClN2O3S. The summed E-state index contributed by atoms with van der Waals surface area (Å²) in [6.07, 6.45) is 3.36. The zero-order valence-corrected chi connectivity index (χ0v) is 22.0. The lowest BCUT2D eigenvalue weighted by Gasteiger charge is -2.34. The maximum atomic E-state index is 12.4. The highest BCUT2D eigenvalue weighted by Gasteiger charge is 2.22. The molecule has 3 aromatic carbocycles. The van der Waals surface area contributed by atoms with Crippen LogP contribution in [0.15, 0.2) is 72.8 Å². The molecule has 0 bridgehead atoms. The van der Waals surface area contributed by atoms with Gasteiger partial charge in [-0.25, -0.2) is 0 Å². The van der Waals surface area contributed by atoms with Crippen molar-refractivity contribution < 1.29 is 14.3 Å². The molecule has 0 aromatic heterocycles. The topological polar surface area (TPSA) is 50.8 Å². The van der Waals surface area contributed by atoms with Gasteiger partial charge in [0.2, 0.25) is 0 Å². The summed E-state index contributed by atoms with van der Waals surface area (Å²) in [5.74, 6) is 1.45. The van der Waals surface area contributed by atoms with Crippen LogP contribution in [0.5, 0.6) is 11.5 Å². The fraction of sp³-hybridized carbons (Fsp3) is 0.310. The SMILES string of the molecule is CCOc1cc(C(=S)N2CCC(Cc3ccccc3)CC2)ccc1OCC(=O)Nc1ccccc1Cl. The van der Waals surface area contributed by atoms with E-state index in [1.165, 1.54) is 5.56 Å². The number of amides is 1. The van der Waals surface area contributed by atoms with Crippen LogP contribution in [0.3, 0.4) is 0 Å². The van der Waals surface area contributed by atoms with E-state index in [4.69, 9.17) is 33.3 Å². The maximum absolute atomic E-state index is 12.4. The van der Waals surface area contributed by atoms with Gasteiger partial charge in [0.1, 0.15) is 4.99 Å². The van der Waals surface area contributed by atoms with Gasteiger partial charge in [0.05, 0.1) is 17.3 Å². The van der Waals surface area contributed by atoms with Crippen LogP contribution in [0.1, 0.15) is 30.9 Å². The van der Waals surface area contributed by atoms with Crippen molar-refractivity contribution >= 4 is 40.4 Å². The van der Waals surface area contributed by atoms with Crippen molar-refractivity contribution in [3.8, 4) is 11.5 Å². The van der Waals surface area contributed by atoms with Gasteiger partial charge in [-0.2, -0.15) is 0 Å². The van der Waals surface area contributed by atoms with Crippen molar-refractivity contribution in [2.45, 2.75) is 26.2 Å². The quantitative estimate of drug-likeness (QED) is 0.330. The Hall–Kier alpha value is -3.09. The summed E-state index contributed by atoms with van der Waals surface area (Å²) in [4.78, 5) is 15.5. The number of piperidine rings is 1. The highest BCUT2D eigenvalue weighted by Crippen LogP contribution is 2.31. The predicted octanol–water partition coefficient (Wildman–Crippen LogP) is 6.39. The first-order valence-corrected chi connectivity index (χ1v) is 13.1. The summed E-state index contributed by atoms with van der Waals surface area (Å²) < 4.78 is 11.6. The standard InChI is InChI=1S/C29H31ClN2O3S/c1-2-34-27-19-23(12-13-26(27)35-20-28(33)31-25-11-7-6-10-24(25)30)29(36)32-16-14-22(15-17-32)18-21-8-4-3-5-9-21/h3-13,19,22H,2,14-18,20H2,1H3,(H,31,33). The van der Waals surface area contributed by atoms with E-state index in [-0.39, 0.29) is 12.5 Å².